The fraction of sp³-hybridized carbons (Fsp3) is 0.375. The van der Waals surface area contributed by atoms with Gasteiger partial charge < -0.3 is 14.6 Å². The number of nitrogens with one attached hydrogen (secondary N) is 1. The first kappa shape index (κ1) is 15.3. The summed E-state index contributed by atoms with van der Waals surface area (Å²) in [5.41, 5.74) is 0.930. The normalized spacial score (nSPS) is 10.8. The number of amides is 1. The van der Waals surface area contributed by atoms with E-state index in [0.717, 1.165) is 11.9 Å². The molecule has 0 aliphatic carbocycles. The van der Waals surface area contributed by atoms with Crippen molar-refractivity contribution in [3.8, 4) is 0 Å². The first-order chi connectivity index (χ1) is 10.2. The number of carbonyl (C=O) groups excluding carboxylic acids is 1. The number of rotatable bonds is 6. The van der Waals surface area contributed by atoms with Gasteiger partial charge in [0.15, 0.2) is 0 Å². The maximum atomic E-state index is 12.4. The Balaban J connectivity index is 2.48. The molecule has 1 aromatic heterocycles. The largest absolute Gasteiger partial charge is 0.361 e. The molecule has 2 rings (SSSR count). The van der Waals surface area contributed by atoms with Crippen molar-refractivity contribution in [2.45, 2.75) is 33.4 Å². The predicted molar refractivity (Wildman–Crippen MR) is 83.4 cm³/mol. The summed E-state index contributed by atoms with van der Waals surface area (Å²) in [6.45, 7) is 4.76. The van der Waals surface area contributed by atoms with Gasteiger partial charge in [-0.25, -0.2) is 0 Å². The molecular weight excluding hydrogens is 268 g/mol. The molecule has 0 unspecified atom stereocenters. The van der Waals surface area contributed by atoms with Crippen LogP contribution in [0.5, 0.6) is 0 Å². The average Bonchev–Trinajstić information content (AvgIpc) is 2.49. The fourth-order valence-corrected chi connectivity index (χ4v) is 2.17. The SMILES string of the molecule is CCCC(=O)Nc1cn(COCC)c2ccccc2c1=O. The highest BCUT2D eigenvalue weighted by molar-refractivity contribution is 5.93. The summed E-state index contributed by atoms with van der Waals surface area (Å²) in [4.78, 5) is 24.2. The third-order valence-corrected chi connectivity index (χ3v) is 3.17. The van der Waals surface area contributed by atoms with E-state index in [9.17, 15) is 9.59 Å². The number of para-hydroxylation sites is 1. The Hall–Kier alpha value is -2.14. The maximum Gasteiger partial charge on any atom is 0.224 e. The average molecular weight is 288 g/mol. The van der Waals surface area contributed by atoms with Gasteiger partial charge in [-0.2, -0.15) is 0 Å². The van der Waals surface area contributed by atoms with Crippen molar-refractivity contribution in [3.05, 3.63) is 40.7 Å². The van der Waals surface area contributed by atoms with E-state index in [0.29, 0.717) is 30.8 Å². The van der Waals surface area contributed by atoms with Gasteiger partial charge in [0.05, 0.1) is 5.52 Å². The van der Waals surface area contributed by atoms with Crippen LogP contribution in [0, 0.1) is 0 Å². The summed E-state index contributed by atoms with van der Waals surface area (Å²) in [7, 11) is 0. The zero-order valence-electron chi connectivity index (χ0n) is 12.4. The van der Waals surface area contributed by atoms with E-state index >= 15 is 0 Å². The molecule has 1 amide bonds. The third-order valence-electron chi connectivity index (χ3n) is 3.17. The number of hydrogen-bond donors (Lipinski definition) is 1. The second-order valence-electron chi connectivity index (χ2n) is 4.78. The van der Waals surface area contributed by atoms with Gasteiger partial charge in [-0.05, 0) is 25.5 Å². The van der Waals surface area contributed by atoms with Crippen LogP contribution >= 0.6 is 0 Å². The minimum absolute atomic E-state index is 0.146. The standard InChI is InChI=1S/C16H20N2O3/c1-3-7-15(19)17-13-10-18(11-21-4-2)14-9-6-5-8-12(14)16(13)20/h5-6,8-10H,3-4,7,11H2,1-2H3,(H,17,19). The van der Waals surface area contributed by atoms with Crippen LogP contribution in [0.15, 0.2) is 35.3 Å². The fourth-order valence-electron chi connectivity index (χ4n) is 2.17. The summed E-state index contributed by atoms with van der Waals surface area (Å²) in [5.74, 6) is -0.146. The molecular formula is C16H20N2O3. The van der Waals surface area contributed by atoms with Crippen LogP contribution in [0.2, 0.25) is 0 Å². The Kier molecular flexibility index (Phi) is 5.11. The van der Waals surface area contributed by atoms with Crippen LogP contribution in [0.4, 0.5) is 5.69 Å². The monoisotopic (exact) mass is 288 g/mol. The number of benzene rings is 1. The zero-order chi connectivity index (χ0) is 15.2. The second kappa shape index (κ2) is 7.04. The lowest BCUT2D eigenvalue weighted by atomic mass is 10.2. The Labute approximate surface area is 123 Å². The van der Waals surface area contributed by atoms with Gasteiger partial charge in [0.25, 0.3) is 0 Å². The molecule has 0 fully saturated rings. The molecule has 0 spiro atoms. The second-order valence-corrected chi connectivity index (χ2v) is 4.78. The number of carbonyl (C=O) groups is 1. The molecule has 112 valence electrons. The molecule has 0 bridgehead atoms. The van der Waals surface area contributed by atoms with Gasteiger partial charge in [-0.15, -0.1) is 0 Å². The van der Waals surface area contributed by atoms with E-state index in [-0.39, 0.29) is 11.3 Å². The smallest absolute Gasteiger partial charge is 0.224 e. The number of hydrogen-bond acceptors (Lipinski definition) is 3. The van der Waals surface area contributed by atoms with Gasteiger partial charge in [0.1, 0.15) is 12.4 Å². The Bertz CT molecular complexity index is 691. The van der Waals surface area contributed by atoms with E-state index in [2.05, 4.69) is 5.32 Å². The third kappa shape index (κ3) is 3.49. The summed E-state index contributed by atoms with van der Waals surface area (Å²) in [6.07, 6.45) is 2.79. The van der Waals surface area contributed by atoms with Crippen LogP contribution in [0.1, 0.15) is 26.7 Å². The molecule has 0 aliphatic rings. The van der Waals surface area contributed by atoms with Crippen LogP contribution in [-0.2, 0) is 16.3 Å². The van der Waals surface area contributed by atoms with Crippen molar-refractivity contribution in [1.82, 2.24) is 4.57 Å². The highest BCUT2D eigenvalue weighted by atomic mass is 16.5. The van der Waals surface area contributed by atoms with E-state index in [1.54, 1.807) is 12.3 Å². The minimum Gasteiger partial charge on any atom is -0.361 e. The first-order valence-corrected chi connectivity index (χ1v) is 7.17. The Morgan fingerprint density at radius 2 is 2.05 bits per heavy atom. The van der Waals surface area contributed by atoms with Crippen LogP contribution in [-0.4, -0.2) is 17.1 Å². The van der Waals surface area contributed by atoms with Gasteiger partial charge in [-0.3, -0.25) is 9.59 Å². The molecule has 0 aliphatic heterocycles. The molecule has 21 heavy (non-hydrogen) atoms. The number of pyridine rings is 1. The Morgan fingerprint density at radius 3 is 2.76 bits per heavy atom. The molecule has 1 aromatic carbocycles. The predicted octanol–water partition coefficient (Wildman–Crippen LogP) is 2.73. The van der Waals surface area contributed by atoms with Crippen LogP contribution in [0.3, 0.4) is 0 Å². The Morgan fingerprint density at radius 1 is 1.29 bits per heavy atom. The molecule has 1 heterocycles. The molecule has 1 N–H and O–H groups in total. The molecule has 5 heteroatoms. The number of fused-ring (bicyclic) bond motifs is 1. The summed E-state index contributed by atoms with van der Waals surface area (Å²) < 4.78 is 7.26. The van der Waals surface area contributed by atoms with Crippen molar-refractivity contribution in [3.63, 3.8) is 0 Å². The lowest BCUT2D eigenvalue weighted by Crippen LogP contribution is -2.20. The number of aromatic nitrogens is 1. The maximum absolute atomic E-state index is 12.4. The highest BCUT2D eigenvalue weighted by Gasteiger charge is 2.10. The van der Waals surface area contributed by atoms with Crippen LogP contribution < -0.4 is 10.7 Å². The lowest BCUT2D eigenvalue weighted by molar-refractivity contribution is -0.116. The lowest BCUT2D eigenvalue weighted by Gasteiger charge is -2.13. The van der Waals surface area contributed by atoms with Crippen molar-refractivity contribution >= 4 is 22.5 Å². The van der Waals surface area contributed by atoms with E-state index < -0.39 is 0 Å². The summed E-state index contributed by atoms with van der Waals surface area (Å²) >= 11 is 0. The first-order valence-electron chi connectivity index (χ1n) is 7.17. The van der Waals surface area contributed by atoms with Gasteiger partial charge >= 0.3 is 0 Å². The quantitative estimate of drug-likeness (QED) is 0.889. The molecule has 0 atom stereocenters. The van der Waals surface area contributed by atoms with E-state index in [1.807, 2.05) is 36.6 Å². The van der Waals surface area contributed by atoms with Gasteiger partial charge in [-0.1, -0.05) is 19.1 Å². The topological polar surface area (TPSA) is 60.3 Å². The number of nitrogens with zero attached hydrogens (tertiary/aromatic N) is 1. The molecule has 2 aromatic rings. The van der Waals surface area contributed by atoms with Gasteiger partial charge in [0, 0.05) is 24.6 Å². The van der Waals surface area contributed by atoms with E-state index in [1.165, 1.54) is 0 Å². The summed E-state index contributed by atoms with van der Waals surface area (Å²) in [6, 6.07) is 7.31. The van der Waals surface area contributed by atoms with Crippen molar-refractivity contribution in [2.24, 2.45) is 0 Å². The van der Waals surface area contributed by atoms with Crippen molar-refractivity contribution in [2.75, 3.05) is 11.9 Å². The summed E-state index contributed by atoms with van der Waals surface area (Å²) in [5, 5.41) is 3.27. The van der Waals surface area contributed by atoms with Crippen LogP contribution in [0.25, 0.3) is 10.9 Å². The molecule has 0 saturated heterocycles. The van der Waals surface area contributed by atoms with Gasteiger partial charge in [0.2, 0.25) is 11.3 Å². The van der Waals surface area contributed by atoms with Crippen molar-refractivity contribution < 1.29 is 9.53 Å². The molecule has 0 radical (unpaired) electrons. The minimum atomic E-state index is -0.164. The number of ether oxygens (including phenoxy) is 1. The highest BCUT2D eigenvalue weighted by Crippen LogP contribution is 2.14. The van der Waals surface area contributed by atoms with Crippen molar-refractivity contribution in [1.29, 1.82) is 0 Å². The number of anilines is 1. The molecule has 5 nitrogen and oxygen atoms in total. The molecule has 0 saturated carbocycles. The zero-order valence-corrected chi connectivity index (χ0v) is 12.4. The van der Waals surface area contributed by atoms with E-state index in [4.69, 9.17) is 4.74 Å².